The number of rotatable bonds is 8. The summed E-state index contributed by atoms with van der Waals surface area (Å²) in [6.45, 7) is 2.37. The lowest BCUT2D eigenvalue weighted by molar-refractivity contribution is -0.141. The van der Waals surface area contributed by atoms with Crippen LogP contribution in [-0.2, 0) is 18.3 Å². The van der Waals surface area contributed by atoms with Crippen LogP contribution in [0.2, 0.25) is 0 Å². The molecule has 1 atom stereocenters. The van der Waals surface area contributed by atoms with E-state index < -0.39 is 11.9 Å². The number of carboxylic acids is 1. The molecule has 2 saturated carbocycles. The summed E-state index contributed by atoms with van der Waals surface area (Å²) in [7, 11) is 1.87. The number of nitrogens with zero attached hydrogens (tertiary/aromatic N) is 2. The number of hydrogen-bond donors (Lipinski definition) is 1. The van der Waals surface area contributed by atoms with Crippen LogP contribution < -0.4 is 9.47 Å². The molecule has 28 heavy (non-hydrogen) atoms. The van der Waals surface area contributed by atoms with Crippen LogP contribution in [0.1, 0.15) is 44.6 Å². The fourth-order valence-electron chi connectivity index (χ4n) is 2.97. The van der Waals surface area contributed by atoms with Crippen LogP contribution >= 0.6 is 0 Å². The number of aromatic nitrogens is 2. The smallest absolute Gasteiger partial charge is 0.306 e. The summed E-state index contributed by atoms with van der Waals surface area (Å²) in [6.07, 6.45) is 8.91. The maximum Gasteiger partial charge on any atom is 0.306 e. The number of aryl methyl sites for hydroxylation is 1. The van der Waals surface area contributed by atoms with Gasteiger partial charge in [0.05, 0.1) is 18.7 Å². The zero-order valence-corrected chi connectivity index (χ0v) is 16.7. The highest BCUT2D eigenvalue weighted by molar-refractivity contribution is 5.69. The van der Waals surface area contributed by atoms with E-state index >= 15 is 0 Å². The van der Waals surface area contributed by atoms with E-state index in [1.165, 1.54) is 19.3 Å². The summed E-state index contributed by atoms with van der Waals surface area (Å²) in [5, 5.41) is 13.1. The van der Waals surface area contributed by atoms with Gasteiger partial charge in [0.1, 0.15) is 11.9 Å². The maximum atomic E-state index is 11.0. The first-order valence-electron chi connectivity index (χ1n) is 10.1. The van der Waals surface area contributed by atoms with Crippen molar-refractivity contribution in [2.45, 2.75) is 51.6 Å². The lowest BCUT2D eigenvalue weighted by Gasteiger charge is -2.34. The second-order valence-corrected chi connectivity index (χ2v) is 7.83. The first-order valence-corrected chi connectivity index (χ1v) is 10.1. The molecule has 1 aromatic heterocycles. The van der Waals surface area contributed by atoms with Gasteiger partial charge in [0, 0.05) is 13.1 Å². The van der Waals surface area contributed by atoms with Gasteiger partial charge >= 0.3 is 5.97 Å². The molecule has 1 N–H and O–H groups in total. The maximum absolute atomic E-state index is 11.0. The van der Waals surface area contributed by atoms with E-state index in [0.29, 0.717) is 18.9 Å². The van der Waals surface area contributed by atoms with Crippen molar-refractivity contribution in [2.24, 2.45) is 18.9 Å². The van der Waals surface area contributed by atoms with Crippen molar-refractivity contribution in [1.82, 2.24) is 9.78 Å². The van der Waals surface area contributed by atoms with Crippen LogP contribution in [0.25, 0.3) is 0 Å². The molecule has 1 heterocycles. The van der Waals surface area contributed by atoms with Crippen molar-refractivity contribution in [3.8, 4) is 11.6 Å². The van der Waals surface area contributed by atoms with E-state index in [2.05, 4.69) is 5.10 Å². The minimum Gasteiger partial charge on any atom is -0.493 e. The van der Waals surface area contributed by atoms with Gasteiger partial charge < -0.3 is 14.6 Å². The van der Waals surface area contributed by atoms with Crippen LogP contribution in [0, 0.1) is 11.8 Å². The fourth-order valence-corrected chi connectivity index (χ4v) is 2.97. The summed E-state index contributed by atoms with van der Waals surface area (Å²) in [5.74, 6) is 0.905. The molecule has 4 rings (SSSR count). The first kappa shape index (κ1) is 20.2. The van der Waals surface area contributed by atoms with Crippen molar-refractivity contribution in [3.63, 3.8) is 0 Å². The Morgan fingerprint density at radius 1 is 1.29 bits per heavy atom. The van der Waals surface area contributed by atoms with Gasteiger partial charge in [0.2, 0.25) is 5.88 Å². The van der Waals surface area contributed by atoms with E-state index in [9.17, 15) is 4.79 Å². The highest BCUT2D eigenvalue weighted by atomic mass is 16.5. The molecule has 0 radical (unpaired) electrons. The molecule has 6 heteroatoms. The molecule has 152 valence electrons. The molecule has 0 bridgehead atoms. The average molecular weight is 386 g/mol. The molecule has 0 amide bonds. The lowest BCUT2D eigenvalue weighted by Crippen LogP contribution is -2.37. The monoisotopic (exact) mass is 386 g/mol. The summed E-state index contributed by atoms with van der Waals surface area (Å²) in [4.78, 5) is 11.0. The Hall–Kier alpha value is -2.50. The molecule has 2 aliphatic rings. The normalized spacial score (nSPS) is 20.9. The average Bonchev–Trinajstić information content (AvgIpc) is 3.46. The summed E-state index contributed by atoms with van der Waals surface area (Å²) >= 11 is 0. The fraction of sp³-hybridized carbons (Fsp3) is 0.545. The van der Waals surface area contributed by atoms with Crippen molar-refractivity contribution in [1.29, 1.82) is 0 Å². The molecule has 2 fully saturated rings. The Morgan fingerprint density at radius 3 is 2.64 bits per heavy atom. The Labute approximate surface area is 166 Å². The highest BCUT2D eigenvalue weighted by Crippen LogP contribution is 2.32. The van der Waals surface area contributed by atoms with Crippen LogP contribution in [0.15, 0.2) is 36.5 Å². The predicted octanol–water partition coefficient (Wildman–Crippen LogP) is 4.09. The summed E-state index contributed by atoms with van der Waals surface area (Å²) in [6, 6.07) is 9.56. The van der Waals surface area contributed by atoms with Gasteiger partial charge in [-0.15, -0.1) is 0 Å². The van der Waals surface area contributed by atoms with Gasteiger partial charge in [0.15, 0.2) is 0 Å². The molecule has 2 aliphatic carbocycles. The van der Waals surface area contributed by atoms with Crippen LogP contribution in [0.4, 0.5) is 0 Å². The van der Waals surface area contributed by atoms with Gasteiger partial charge in [-0.2, -0.15) is 5.10 Å². The van der Waals surface area contributed by atoms with Gasteiger partial charge in [-0.3, -0.25) is 4.79 Å². The van der Waals surface area contributed by atoms with Gasteiger partial charge in [-0.05, 0) is 42.9 Å². The predicted molar refractivity (Wildman–Crippen MR) is 107 cm³/mol. The number of carboxylic acid groups (broad SMARTS) is 1. The number of benzene rings is 1. The third-order valence-electron chi connectivity index (χ3n) is 4.96. The van der Waals surface area contributed by atoms with E-state index in [1.807, 2.05) is 37.4 Å². The Kier molecular flexibility index (Phi) is 6.95. The van der Waals surface area contributed by atoms with Crippen molar-refractivity contribution < 1.29 is 19.4 Å². The first-order chi connectivity index (χ1) is 13.5. The Bertz CT molecular complexity index is 763. The van der Waals surface area contributed by atoms with Crippen molar-refractivity contribution >= 4 is 5.97 Å². The largest absolute Gasteiger partial charge is 0.493 e. The standard InChI is InChI=1S/C19H24N2O4.C3H6/c1-13(19(22)23)8-14-4-3-5-16(9-14)24-12-15-10-17(11-15)25-18-6-7-20-21(18)2;1-2-3-1/h3-7,9,13,15,17H,8,10-12H2,1-2H3,(H,22,23);1-3H2. The number of aliphatic carboxylic acids is 1. The molecule has 6 nitrogen and oxygen atoms in total. The number of carbonyl (C=O) groups is 1. The molecule has 1 aromatic carbocycles. The quantitative estimate of drug-likeness (QED) is 0.740. The third kappa shape index (κ3) is 6.29. The zero-order chi connectivity index (χ0) is 19.9. The van der Waals surface area contributed by atoms with Crippen LogP contribution in [-0.4, -0.2) is 33.6 Å². The SMILES string of the molecule is C1CC1.CC(Cc1cccc(OCC2CC(Oc3ccnn3C)C2)c1)C(=O)O. The van der Waals surface area contributed by atoms with Crippen LogP contribution in [0.3, 0.4) is 0 Å². The highest BCUT2D eigenvalue weighted by Gasteiger charge is 2.32. The number of hydrogen-bond acceptors (Lipinski definition) is 4. The molecule has 0 spiro atoms. The van der Waals surface area contributed by atoms with Crippen molar-refractivity contribution in [3.05, 3.63) is 42.1 Å². The Morgan fingerprint density at radius 2 is 2.04 bits per heavy atom. The summed E-state index contributed by atoms with van der Waals surface area (Å²) in [5.41, 5.74) is 0.985. The third-order valence-corrected chi connectivity index (χ3v) is 4.96. The second kappa shape index (κ2) is 9.62. The molecule has 0 saturated heterocycles. The van der Waals surface area contributed by atoms with E-state index in [1.54, 1.807) is 17.8 Å². The Balaban J connectivity index is 0.000000684. The molecular formula is C22H30N2O4. The molecule has 0 aliphatic heterocycles. The topological polar surface area (TPSA) is 73.6 Å². The second-order valence-electron chi connectivity index (χ2n) is 7.83. The minimum atomic E-state index is -0.778. The minimum absolute atomic E-state index is 0.228. The molecular weight excluding hydrogens is 356 g/mol. The van der Waals surface area contributed by atoms with Crippen LogP contribution in [0.5, 0.6) is 11.6 Å². The summed E-state index contributed by atoms with van der Waals surface area (Å²) < 4.78 is 13.5. The van der Waals surface area contributed by atoms with Gasteiger partial charge in [-0.25, -0.2) is 4.68 Å². The number of ether oxygens (including phenoxy) is 2. The van der Waals surface area contributed by atoms with Gasteiger partial charge in [-0.1, -0.05) is 38.3 Å². The molecule has 1 unspecified atom stereocenters. The van der Waals surface area contributed by atoms with Crippen molar-refractivity contribution in [2.75, 3.05) is 6.61 Å². The van der Waals surface area contributed by atoms with E-state index in [0.717, 1.165) is 30.0 Å². The van der Waals surface area contributed by atoms with E-state index in [4.69, 9.17) is 14.6 Å². The lowest BCUT2D eigenvalue weighted by atomic mass is 9.83. The zero-order valence-electron chi connectivity index (χ0n) is 16.7. The van der Waals surface area contributed by atoms with Gasteiger partial charge in [0.25, 0.3) is 0 Å². The molecule has 2 aromatic rings. The van der Waals surface area contributed by atoms with E-state index in [-0.39, 0.29) is 6.10 Å².